The number of nitrogens with zero attached hydrogens (tertiary/aromatic N) is 1. The Hall–Kier alpha value is -3.35. The van der Waals surface area contributed by atoms with Crippen LogP contribution in [0.5, 0.6) is 11.5 Å². The van der Waals surface area contributed by atoms with Crippen LogP contribution in [0.15, 0.2) is 65.8 Å². The molecule has 0 atom stereocenters. The Kier molecular flexibility index (Phi) is 8.68. The molecule has 0 spiro atoms. The molecule has 0 bridgehead atoms. The normalized spacial score (nSPS) is 11.0. The molecule has 0 aromatic heterocycles. The first kappa shape index (κ1) is 25.3. The fourth-order valence-corrected chi connectivity index (χ4v) is 3.56. The van der Waals surface area contributed by atoms with Gasteiger partial charge in [-0.05, 0) is 65.9 Å². The number of aryl methyl sites for hydroxylation is 1. The standard InChI is InChI=1S/C26H24Cl2N2O4/c1-16(2)21-9-7-17(3)11-24(21)33-15-25(31)30-29-14-18-5-4-6-20(12-18)34-26(32)22-10-8-19(27)13-23(22)28/h4-14,16H,15H2,1-3H3,(H,30,31)/b29-14-. The van der Waals surface area contributed by atoms with Gasteiger partial charge in [-0.3, -0.25) is 4.79 Å². The fraction of sp³-hybridized carbons (Fsp3) is 0.192. The summed E-state index contributed by atoms with van der Waals surface area (Å²) in [6.07, 6.45) is 1.44. The van der Waals surface area contributed by atoms with Gasteiger partial charge in [0.1, 0.15) is 11.5 Å². The molecule has 3 aromatic carbocycles. The van der Waals surface area contributed by atoms with Crippen molar-refractivity contribution in [2.24, 2.45) is 5.10 Å². The Morgan fingerprint density at radius 2 is 1.85 bits per heavy atom. The first-order valence-electron chi connectivity index (χ1n) is 10.6. The zero-order valence-electron chi connectivity index (χ0n) is 19.0. The van der Waals surface area contributed by atoms with Crippen LogP contribution in [0.4, 0.5) is 0 Å². The zero-order chi connectivity index (χ0) is 24.7. The van der Waals surface area contributed by atoms with E-state index in [0.29, 0.717) is 22.1 Å². The number of amides is 1. The van der Waals surface area contributed by atoms with Crippen LogP contribution in [0, 0.1) is 6.92 Å². The van der Waals surface area contributed by atoms with Crippen molar-refractivity contribution < 1.29 is 19.1 Å². The highest BCUT2D eigenvalue weighted by molar-refractivity contribution is 6.36. The fourth-order valence-electron chi connectivity index (χ4n) is 3.07. The molecule has 0 saturated heterocycles. The quantitative estimate of drug-likeness (QED) is 0.174. The number of benzene rings is 3. The van der Waals surface area contributed by atoms with Crippen LogP contribution in [-0.4, -0.2) is 24.7 Å². The van der Waals surface area contributed by atoms with Crippen molar-refractivity contribution in [2.45, 2.75) is 26.7 Å². The number of hydrogen-bond acceptors (Lipinski definition) is 5. The number of halogens is 2. The number of nitrogens with one attached hydrogen (secondary N) is 1. The molecule has 1 amide bonds. The lowest BCUT2D eigenvalue weighted by molar-refractivity contribution is -0.123. The van der Waals surface area contributed by atoms with E-state index in [4.69, 9.17) is 32.7 Å². The molecule has 0 aliphatic carbocycles. The highest BCUT2D eigenvalue weighted by Gasteiger charge is 2.13. The molecule has 1 N–H and O–H groups in total. The van der Waals surface area contributed by atoms with Crippen LogP contribution >= 0.6 is 23.2 Å². The topological polar surface area (TPSA) is 77.0 Å². The maximum atomic E-state index is 12.4. The molecule has 3 aromatic rings. The third kappa shape index (κ3) is 7.07. The van der Waals surface area contributed by atoms with Crippen molar-refractivity contribution in [3.63, 3.8) is 0 Å². The summed E-state index contributed by atoms with van der Waals surface area (Å²) in [7, 11) is 0. The average molecular weight is 499 g/mol. The van der Waals surface area contributed by atoms with Crippen LogP contribution in [0.2, 0.25) is 10.0 Å². The van der Waals surface area contributed by atoms with Crippen molar-refractivity contribution in [1.29, 1.82) is 0 Å². The van der Waals surface area contributed by atoms with E-state index < -0.39 is 11.9 Å². The molecule has 0 radical (unpaired) electrons. The first-order valence-corrected chi connectivity index (χ1v) is 11.3. The number of esters is 1. The first-order chi connectivity index (χ1) is 16.2. The van der Waals surface area contributed by atoms with Gasteiger partial charge in [0.05, 0.1) is 16.8 Å². The lowest BCUT2D eigenvalue weighted by atomic mass is 10.0. The Labute approximate surface area is 208 Å². The van der Waals surface area contributed by atoms with Gasteiger partial charge in [-0.1, -0.05) is 61.3 Å². The average Bonchev–Trinajstić information content (AvgIpc) is 2.77. The summed E-state index contributed by atoms with van der Waals surface area (Å²) in [6.45, 7) is 5.94. The second kappa shape index (κ2) is 11.7. The lowest BCUT2D eigenvalue weighted by Gasteiger charge is -2.14. The molecule has 8 heteroatoms. The van der Waals surface area contributed by atoms with Crippen LogP contribution < -0.4 is 14.9 Å². The van der Waals surface area contributed by atoms with E-state index in [1.54, 1.807) is 30.3 Å². The molecule has 0 heterocycles. The molecule has 0 saturated carbocycles. The van der Waals surface area contributed by atoms with Gasteiger partial charge in [-0.25, -0.2) is 10.2 Å². The Balaban J connectivity index is 1.56. The predicted octanol–water partition coefficient (Wildman–Crippen LogP) is 6.17. The molecule has 34 heavy (non-hydrogen) atoms. The summed E-state index contributed by atoms with van der Waals surface area (Å²) in [5, 5.41) is 4.57. The van der Waals surface area contributed by atoms with Gasteiger partial charge in [-0.15, -0.1) is 0 Å². The molecule has 176 valence electrons. The van der Waals surface area contributed by atoms with Gasteiger partial charge < -0.3 is 9.47 Å². The number of ether oxygens (including phenoxy) is 2. The maximum absolute atomic E-state index is 12.4. The minimum atomic E-state index is -0.613. The van der Waals surface area contributed by atoms with Crippen LogP contribution in [-0.2, 0) is 4.79 Å². The van der Waals surface area contributed by atoms with Crippen LogP contribution in [0.3, 0.4) is 0 Å². The van der Waals surface area contributed by atoms with Gasteiger partial charge in [0, 0.05) is 5.02 Å². The van der Waals surface area contributed by atoms with Crippen LogP contribution in [0.25, 0.3) is 0 Å². The monoisotopic (exact) mass is 498 g/mol. The second-order valence-corrected chi connectivity index (χ2v) is 8.71. The number of hydrogen-bond donors (Lipinski definition) is 1. The zero-order valence-corrected chi connectivity index (χ0v) is 20.5. The summed E-state index contributed by atoms with van der Waals surface area (Å²) < 4.78 is 11.1. The summed E-state index contributed by atoms with van der Waals surface area (Å²) >= 11 is 11.9. The number of carbonyl (C=O) groups excluding carboxylic acids is 2. The molecule has 3 rings (SSSR count). The number of carbonyl (C=O) groups is 2. The van der Waals surface area contributed by atoms with E-state index in [0.717, 1.165) is 11.1 Å². The highest BCUT2D eigenvalue weighted by Crippen LogP contribution is 2.27. The minimum Gasteiger partial charge on any atom is -0.483 e. The van der Waals surface area contributed by atoms with Gasteiger partial charge in [0.2, 0.25) is 0 Å². The maximum Gasteiger partial charge on any atom is 0.345 e. The lowest BCUT2D eigenvalue weighted by Crippen LogP contribution is -2.25. The summed E-state index contributed by atoms with van der Waals surface area (Å²) in [5.74, 6) is 0.249. The molecular weight excluding hydrogens is 475 g/mol. The minimum absolute atomic E-state index is 0.167. The molecule has 6 nitrogen and oxygen atoms in total. The predicted molar refractivity (Wildman–Crippen MR) is 134 cm³/mol. The van der Waals surface area contributed by atoms with E-state index in [1.807, 2.05) is 25.1 Å². The summed E-state index contributed by atoms with van der Waals surface area (Å²) in [6, 6.07) is 17.1. The third-order valence-corrected chi connectivity index (χ3v) is 5.32. The molecule has 0 fully saturated rings. The van der Waals surface area contributed by atoms with Gasteiger partial charge in [0.15, 0.2) is 6.61 Å². The van der Waals surface area contributed by atoms with Gasteiger partial charge in [-0.2, -0.15) is 5.10 Å². The van der Waals surface area contributed by atoms with Crippen molar-refractivity contribution in [3.05, 3.63) is 93.0 Å². The van der Waals surface area contributed by atoms with E-state index in [9.17, 15) is 9.59 Å². The second-order valence-electron chi connectivity index (χ2n) is 7.86. The van der Waals surface area contributed by atoms with Gasteiger partial charge >= 0.3 is 5.97 Å². The Morgan fingerprint density at radius 1 is 1.06 bits per heavy atom. The van der Waals surface area contributed by atoms with E-state index in [2.05, 4.69) is 24.4 Å². The summed E-state index contributed by atoms with van der Waals surface area (Å²) in [4.78, 5) is 24.5. The summed E-state index contributed by atoms with van der Waals surface area (Å²) in [5.41, 5.74) is 5.34. The largest absolute Gasteiger partial charge is 0.483 e. The Bertz CT molecular complexity index is 1230. The van der Waals surface area contributed by atoms with Gasteiger partial charge in [0.25, 0.3) is 5.91 Å². The van der Waals surface area contributed by atoms with Crippen molar-refractivity contribution >= 4 is 41.3 Å². The SMILES string of the molecule is Cc1ccc(C(C)C)c(OCC(=O)N/N=C\c2cccc(OC(=O)c3ccc(Cl)cc3Cl)c2)c1. The molecule has 0 aliphatic rings. The van der Waals surface area contributed by atoms with Crippen molar-refractivity contribution in [2.75, 3.05) is 6.61 Å². The van der Waals surface area contributed by atoms with Crippen molar-refractivity contribution in [1.82, 2.24) is 5.43 Å². The molecular formula is C26H24Cl2N2O4. The molecule has 0 unspecified atom stereocenters. The highest BCUT2D eigenvalue weighted by atomic mass is 35.5. The van der Waals surface area contributed by atoms with E-state index in [-0.39, 0.29) is 23.1 Å². The Morgan fingerprint density at radius 3 is 2.59 bits per heavy atom. The van der Waals surface area contributed by atoms with Crippen LogP contribution in [0.1, 0.15) is 46.8 Å². The van der Waals surface area contributed by atoms with E-state index >= 15 is 0 Å². The number of rotatable bonds is 8. The smallest absolute Gasteiger partial charge is 0.345 e. The number of hydrazone groups is 1. The van der Waals surface area contributed by atoms with E-state index in [1.165, 1.54) is 18.3 Å². The van der Waals surface area contributed by atoms with Crippen molar-refractivity contribution in [3.8, 4) is 11.5 Å². The molecule has 0 aliphatic heterocycles. The third-order valence-electron chi connectivity index (χ3n) is 4.77.